The van der Waals surface area contributed by atoms with E-state index in [0.29, 0.717) is 12.6 Å². The Morgan fingerprint density at radius 3 is 2.13 bits per heavy atom. The van der Waals surface area contributed by atoms with Gasteiger partial charge in [0.1, 0.15) is 0 Å². The Morgan fingerprint density at radius 1 is 1.07 bits per heavy atom. The van der Waals surface area contributed by atoms with Crippen molar-refractivity contribution in [3.63, 3.8) is 0 Å². The fourth-order valence-corrected chi connectivity index (χ4v) is 3.41. The van der Waals surface area contributed by atoms with Crippen molar-refractivity contribution >= 4 is 5.91 Å². The van der Waals surface area contributed by atoms with Crippen LogP contribution in [-0.4, -0.2) is 50.6 Å². The number of hydrogen-bond acceptors (Lipinski definition) is 3. The predicted molar refractivity (Wildman–Crippen MR) is 93.8 cm³/mol. The molecule has 30 heavy (non-hydrogen) atoms. The molecule has 2 aromatic rings. The van der Waals surface area contributed by atoms with Crippen LogP contribution in [0.4, 0.5) is 26.3 Å². The summed E-state index contributed by atoms with van der Waals surface area (Å²) in [4.78, 5) is 13.0. The number of alkyl halides is 6. The molecule has 11 heteroatoms. The van der Waals surface area contributed by atoms with E-state index >= 15 is 0 Å². The number of amides is 1. The van der Waals surface area contributed by atoms with Crippen molar-refractivity contribution in [2.75, 3.05) is 13.1 Å². The van der Waals surface area contributed by atoms with Gasteiger partial charge in [0, 0.05) is 24.7 Å². The average molecular weight is 435 g/mol. The van der Waals surface area contributed by atoms with E-state index < -0.39 is 35.5 Å². The minimum absolute atomic E-state index is 0.128. The van der Waals surface area contributed by atoms with Crippen molar-refractivity contribution in [1.29, 1.82) is 0 Å². The predicted octanol–water partition coefficient (Wildman–Crippen LogP) is 3.91. The first-order chi connectivity index (χ1) is 13.8. The lowest BCUT2D eigenvalue weighted by Crippen LogP contribution is -2.57. The molecule has 1 N–H and O–H groups in total. The Labute approximate surface area is 167 Å². The van der Waals surface area contributed by atoms with Gasteiger partial charge in [-0.3, -0.25) is 4.79 Å². The van der Waals surface area contributed by atoms with Crippen molar-refractivity contribution in [3.8, 4) is 5.69 Å². The van der Waals surface area contributed by atoms with Crippen LogP contribution < -0.4 is 0 Å². The molecule has 0 unspecified atom stereocenters. The molecule has 2 heterocycles. The van der Waals surface area contributed by atoms with Gasteiger partial charge in [0.05, 0.1) is 5.69 Å². The van der Waals surface area contributed by atoms with Crippen LogP contribution >= 0.6 is 0 Å². The number of nitrogens with zero attached hydrogens (tertiary/aromatic N) is 3. The first-order valence-corrected chi connectivity index (χ1v) is 9.13. The van der Waals surface area contributed by atoms with Gasteiger partial charge in [-0.25, -0.2) is 4.68 Å². The molecule has 0 spiro atoms. The number of para-hydroxylation sites is 1. The summed E-state index contributed by atoms with van der Waals surface area (Å²) in [6.45, 7) is 0.135. The van der Waals surface area contributed by atoms with Crippen molar-refractivity contribution in [3.05, 3.63) is 47.8 Å². The molecule has 0 radical (unpaired) electrons. The molecular weight excluding hydrogens is 416 g/mol. The number of hydrogen-bond donors (Lipinski definition) is 1. The lowest BCUT2D eigenvalue weighted by atomic mass is 9.91. The smallest absolute Gasteiger partial charge is 0.373 e. The normalized spacial score (nSPS) is 18.3. The van der Waals surface area contributed by atoms with Crippen molar-refractivity contribution in [1.82, 2.24) is 14.7 Å². The highest BCUT2D eigenvalue weighted by molar-refractivity contribution is 5.85. The van der Waals surface area contributed by atoms with Crippen LogP contribution in [0.1, 0.15) is 37.1 Å². The molecule has 1 aliphatic rings. The topological polar surface area (TPSA) is 58.4 Å². The van der Waals surface area contributed by atoms with Crippen LogP contribution in [0.25, 0.3) is 5.69 Å². The summed E-state index contributed by atoms with van der Waals surface area (Å²) in [5.41, 5.74) is -3.90. The van der Waals surface area contributed by atoms with E-state index in [0.717, 1.165) is 11.0 Å². The molecule has 0 bridgehead atoms. The van der Waals surface area contributed by atoms with E-state index in [4.69, 9.17) is 0 Å². The fourth-order valence-electron chi connectivity index (χ4n) is 3.41. The molecule has 164 valence electrons. The third kappa shape index (κ3) is 4.16. The van der Waals surface area contributed by atoms with Crippen LogP contribution in [0, 0.1) is 0 Å². The van der Waals surface area contributed by atoms with Gasteiger partial charge in [-0.15, -0.1) is 0 Å². The molecule has 1 saturated heterocycles. The number of carbonyl (C=O) groups is 1. The van der Waals surface area contributed by atoms with E-state index in [1.807, 2.05) is 0 Å². The van der Waals surface area contributed by atoms with E-state index in [-0.39, 0.29) is 31.6 Å². The molecule has 1 aromatic heterocycles. The minimum atomic E-state index is -5.13. The monoisotopic (exact) mass is 435 g/mol. The zero-order valence-electron chi connectivity index (χ0n) is 15.8. The van der Waals surface area contributed by atoms with Gasteiger partial charge >= 0.3 is 12.4 Å². The molecular formula is C19H19F6N3O2. The van der Waals surface area contributed by atoms with Gasteiger partial charge < -0.3 is 10.0 Å². The first kappa shape index (κ1) is 22.1. The average Bonchev–Trinajstić information content (AvgIpc) is 3.13. The summed E-state index contributed by atoms with van der Waals surface area (Å²) < 4.78 is 79.6. The maximum absolute atomic E-state index is 13.2. The molecule has 0 saturated carbocycles. The van der Waals surface area contributed by atoms with Gasteiger partial charge in [0.2, 0.25) is 5.60 Å². The van der Waals surface area contributed by atoms with Gasteiger partial charge in [0.25, 0.3) is 5.91 Å². The molecule has 1 aromatic carbocycles. The molecule has 1 aliphatic heterocycles. The standard InChI is InChI=1S/C19H19F6N3O2/c1-17(30,19(23,24)25)16(29)27-9-7-12(8-10-27)14-11-15(18(20,21)22)26-28(14)13-5-3-2-4-6-13/h2-6,11-12,30H,7-10H2,1H3/t17-/m1/s1. The maximum Gasteiger partial charge on any atom is 0.435 e. The molecule has 1 amide bonds. The summed E-state index contributed by atoms with van der Waals surface area (Å²) >= 11 is 0. The molecule has 1 atom stereocenters. The van der Waals surface area contributed by atoms with E-state index in [2.05, 4.69) is 5.10 Å². The lowest BCUT2D eigenvalue weighted by Gasteiger charge is -2.36. The highest BCUT2D eigenvalue weighted by Gasteiger charge is 2.57. The second-order valence-electron chi connectivity index (χ2n) is 7.34. The number of likely N-dealkylation sites (tertiary alicyclic amines) is 1. The van der Waals surface area contributed by atoms with Crippen LogP contribution in [0.5, 0.6) is 0 Å². The third-order valence-corrected chi connectivity index (χ3v) is 5.20. The van der Waals surface area contributed by atoms with Crippen molar-refractivity contribution in [2.45, 2.75) is 43.6 Å². The second kappa shape index (κ2) is 7.60. The number of halogens is 6. The van der Waals surface area contributed by atoms with Gasteiger partial charge in [0.15, 0.2) is 5.69 Å². The van der Waals surface area contributed by atoms with Crippen LogP contribution in [0.2, 0.25) is 0 Å². The zero-order valence-corrected chi connectivity index (χ0v) is 15.8. The van der Waals surface area contributed by atoms with Crippen LogP contribution in [-0.2, 0) is 11.0 Å². The molecule has 0 aliphatic carbocycles. The van der Waals surface area contributed by atoms with E-state index in [9.17, 15) is 36.2 Å². The summed E-state index contributed by atoms with van der Waals surface area (Å²) in [6.07, 6.45) is -9.52. The number of carbonyl (C=O) groups excluding carboxylic acids is 1. The Bertz CT molecular complexity index is 897. The fraction of sp³-hybridized carbons (Fsp3) is 0.474. The SMILES string of the molecule is C[C@@](O)(C(=O)N1CCC(c2cc(C(F)(F)F)nn2-c2ccccc2)CC1)C(F)(F)F. The largest absolute Gasteiger partial charge is 0.435 e. The summed E-state index contributed by atoms with van der Waals surface area (Å²) in [7, 11) is 0. The Morgan fingerprint density at radius 2 is 1.63 bits per heavy atom. The number of benzene rings is 1. The van der Waals surface area contributed by atoms with Gasteiger partial charge in [-0.2, -0.15) is 31.4 Å². The summed E-state index contributed by atoms with van der Waals surface area (Å²) in [6, 6.07) is 9.11. The molecule has 3 rings (SSSR count). The highest BCUT2D eigenvalue weighted by Crippen LogP contribution is 2.37. The van der Waals surface area contributed by atoms with Crippen LogP contribution in [0.3, 0.4) is 0 Å². The van der Waals surface area contributed by atoms with Gasteiger partial charge in [-0.05, 0) is 38.0 Å². The van der Waals surface area contributed by atoms with Crippen molar-refractivity contribution in [2.24, 2.45) is 0 Å². The Kier molecular flexibility index (Phi) is 5.61. The van der Waals surface area contributed by atoms with E-state index in [1.54, 1.807) is 30.3 Å². The highest BCUT2D eigenvalue weighted by atomic mass is 19.4. The second-order valence-corrected chi connectivity index (χ2v) is 7.34. The molecule has 5 nitrogen and oxygen atoms in total. The van der Waals surface area contributed by atoms with E-state index in [1.165, 1.54) is 4.68 Å². The Balaban J connectivity index is 1.84. The zero-order chi connectivity index (χ0) is 22.3. The number of rotatable bonds is 3. The lowest BCUT2D eigenvalue weighted by molar-refractivity contribution is -0.250. The molecule has 1 fully saturated rings. The van der Waals surface area contributed by atoms with Crippen LogP contribution in [0.15, 0.2) is 36.4 Å². The number of piperidine rings is 1. The maximum atomic E-state index is 13.2. The quantitative estimate of drug-likeness (QED) is 0.744. The van der Waals surface area contributed by atoms with Crippen molar-refractivity contribution < 1.29 is 36.2 Å². The van der Waals surface area contributed by atoms with Gasteiger partial charge in [-0.1, -0.05) is 18.2 Å². The number of aliphatic hydroxyl groups is 1. The summed E-state index contributed by atoms with van der Waals surface area (Å²) in [5.74, 6) is -1.92. The minimum Gasteiger partial charge on any atom is -0.373 e. The first-order valence-electron chi connectivity index (χ1n) is 9.13. The third-order valence-electron chi connectivity index (χ3n) is 5.20. The summed E-state index contributed by atoms with van der Waals surface area (Å²) in [5, 5.41) is 13.3. The number of aromatic nitrogens is 2. The Hall–Kier alpha value is -2.56.